The van der Waals surface area contributed by atoms with Gasteiger partial charge in [0.15, 0.2) is 0 Å². The third kappa shape index (κ3) is 1.81. The van der Waals surface area contributed by atoms with E-state index in [-0.39, 0.29) is 0 Å². The first kappa shape index (κ1) is 13.6. The molecule has 4 atom stereocenters. The quantitative estimate of drug-likeness (QED) is 0.779. The summed E-state index contributed by atoms with van der Waals surface area (Å²) in [6.45, 7) is 2.42. The molecule has 1 aliphatic heterocycles. The lowest BCUT2D eigenvalue weighted by atomic mass is 9.51. The standard InChI is InChI=1S/C19H27NO/c1-13-12-19-9-5-4-6-16(19)18(20(13)2)10-14-7-8-15(21-3)11-17(14)19/h7-8,11,13,16,18H,4-6,9-10,12H2,1-3H3/t13-,16?,18-,19-/m0/s1. The van der Waals surface area contributed by atoms with E-state index in [1.165, 1.54) is 38.5 Å². The largest absolute Gasteiger partial charge is 0.497 e. The van der Waals surface area contributed by atoms with Crippen molar-refractivity contribution in [3.05, 3.63) is 29.3 Å². The predicted molar refractivity (Wildman–Crippen MR) is 86.0 cm³/mol. The normalized spacial score (nSPS) is 38.5. The van der Waals surface area contributed by atoms with Crippen molar-refractivity contribution in [1.29, 1.82) is 0 Å². The Labute approximate surface area is 128 Å². The van der Waals surface area contributed by atoms with Crippen molar-refractivity contribution in [2.45, 2.75) is 62.9 Å². The maximum absolute atomic E-state index is 5.53. The third-order valence-corrected chi connectivity index (χ3v) is 6.72. The number of fused-ring (bicyclic) bond motifs is 1. The van der Waals surface area contributed by atoms with E-state index in [9.17, 15) is 0 Å². The van der Waals surface area contributed by atoms with Gasteiger partial charge in [-0.15, -0.1) is 0 Å². The van der Waals surface area contributed by atoms with Crippen molar-refractivity contribution in [2.24, 2.45) is 5.92 Å². The van der Waals surface area contributed by atoms with E-state index >= 15 is 0 Å². The van der Waals surface area contributed by atoms with Crippen LogP contribution in [0.3, 0.4) is 0 Å². The average Bonchev–Trinajstić information content (AvgIpc) is 2.52. The van der Waals surface area contributed by atoms with E-state index < -0.39 is 0 Å². The van der Waals surface area contributed by atoms with E-state index in [4.69, 9.17) is 4.74 Å². The van der Waals surface area contributed by atoms with Crippen LogP contribution in [0.4, 0.5) is 0 Å². The van der Waals surface area contributed by atoms with Crippen molar-refractivity contribution in [3.63, 3.8) is 0 Å². The molecule has 2 heteroatoms. The topological polar surface area (TPSA) is 12.5 Å². The molecule has 1 aromatic carbocycles. The number of likely N-dealkylation sites (tertiary alicyclic amines) is 1. The van der Waals surface area contributed by atoms with Crippen LogP contribution < -0.4 is 4.74 Å². The van der Waals surface area contributed by atoms with Crippen molar-refractivity contribution in [3.8, 4) is 5.75 Å². The summed E-state index contributed by atoms with van der Waals surface area (Å²) in [6, 6.07) is 8.29. The highest BCUT2D eigenvalue weighted by Gasteiger charge is 2.54. The molecule has 1 unspecified atom stereocenters. The van der Waals surface area contributed by atoms with Crippen molar-refractivity contribution in [1.82, 2.24) is 4.90 Å². The Morgan fingerprint density at radius 2 is 2.14 bits per heavy atom. The summed E-state index contributed by atoms with van der Waals surface area (Å²) in [5.74, 6) is 1.89. The number of likely N-dealkylation sites (N-methyl/N-ethyl adjacent to an activating group) is 1. The Hall–Kier alpha value is -1.02. The molecule has 1 saturated carbocycles. The first-order valence-corrected chi connectivity index (χ1v) is 8.55. The molecular weight excluding hydrogens is 258 g/mol. The second-order valence-electron chi connectivity index (χ2n) is 7.52. The average molecular weight is 285 g/mol. The van der Waals surface area contributed by atoms with Gasteiger partial charge in [-0.25, -0.2) is 0 Å². The van der Waals surface area contributed by atoms with E-state index in [1.807, 2.05) is 0 Å². The summed E-state index contributed by atoms with van der Waals surface area (Å²) in [5.41, 5.74) is 3.64. The fourth-order valence-corrected chi connectivity index (χ4v) is 5.64. The Bertz CT molecular complexity index is 554. The Morgan fingerprint density at radius 3 is 2.95 bits per heavy atom. The van der Waals surface area contributed by atoms with Crippen LogP contribution in [0.25, 0.3) is 0 Å². The minimum atomic E-state index is 0.428. The second-order valence-corrected chi connectivity index (χ2v) is 7.52. The lowest BCUT2D eigenvalue weighted by Crippen LogP contribution is -2.62. The molecule has 0 amide bonds. The smallest absolute Gasteiger partial charge is 0.119 e. The molecule has 0 N–H and O–H groups in total. The van der Waals surface area contributed by atoms with Crippen LogP contribution in [-0.4, -0.2) is 31.1 Å². The molecule has 2 nitrogen and oxygen atoms in total. The zero-order chi connectivity index (χ0) is 14.6. The monoisotopic (exact) mass is 285 g/mol. The predicted octanol–water partition coefficient (Wildman–Crippen LogP) is 3.77. The van der Waals surface area contributed by atoms with Crippen LogP contribution in [0.15, 0.2) is 18.2 Å². The van der Waals surface area contributed by atoms with Gasteiger partial charge in [0.1, 0.15) is 5.75 Å². The van der Waals surface area contributed by atoms with Crippen LogP contribution in [0, 0.1) is 5.92 Å². The fourth-order valence-electron chi connectivity index (χ4n) is 5.64. The van der Waals surface area contributed by atoms with Gasteiger partial charge in [-0.1, -0.05) is 18.9 Å². The number of hydrogen-bond donors (Lipinski definition) is 0. The highest BCUT2D eigenvalue weighted by Crippen LogP contribution is 2.57. The van der Waals surface area contributed by atoms with Crippen LogP contribution in [0.2, 0.25) is 0 Å². The van der Waals surface area contributed by atoms with Crippen LogP contribution in [0.1, 0.15) is 50.2 Å². The lowest BCUT2D eigenvalue weighted by Gasteiger charge is -2.60. The van der Waals surface area contributed by atoms with E-state index in [1.54, 1.807) is 18.2 Å². The number of piperidine rings is 1. The molecule has 1 heterocycles. The molecule has 21 heavy (non-hydrogen) atoms. The Morgan fingerprint density at radius 1 is 1.29 bits per heavy atom. The van der Waals surface area contributed by atoms with Crippen molar-refractivity contribution in [2.75, 3.05) is 14.2 Å². The molecule has 0 spiro atoms. The number of ether oxygens (including phenoxy) is 1. The molecule has 2 aliphatic carbocycles. The van der Waals surface area contributed by atoms with Gasteiger partial charge in [-0.2, -0.15) is 0 Å². The number of hydrogen-bond acceptors (Lipinski definition) is 2. The van der Waals surface area contributed by atoms with Gasteiger partial charge in [0, 0.05) is 17.5 Å². The van der Waals surface area contributed by atoms with Crippen LogP contribution in [-0.2, 0) is 11.8 Å². The molecule has 1 aromatic rings. The SMILES string of the molecule is COc1ccc2c(c1)[C@]13CCCCC1[C@H](C2)N(C)[C@@H](C)C3. The van der Waals surface area contributed by atoms with Gasteiger partial charge in [-0.05, 0) is 68.8 Å². The molecule has 2 fully saturated rings. The van der Waals surface area contributed by atoms with Crippen molar-refractivity contribution < 1.29 is 4.74 Å². The van der Waals surface area contributed by atoms with Gasteiger partial charge in [0.25, 0.3) is 0 Å². The van der Waals surface area contributed by atoms with E-state index in [0.717, 1.165) is 17.7 Å². The molecule has 3 aliphatic rings. The minimum Gasteiger partial charge on any atom is -0.497 e. The molecule has 2 bridgehead atoms. The van der Waals surface area contributed by atoms with E-state index in [0.29, 0.717) is 11.5 Å². The highest BCUT2D eigenvalue weighted by molar-refractivity contribution is 5.45. The number of nitrogens with zero attached hydrogens (tertiary/aromatic N) is 1. The summed E-state index contributed by atoms with van der Waals surface area (Å²) < 4.78 is 5.53. The number of methoxy groups -OCH3 is 1. The fraction of sp³-hybridized carbons (Fsp3) is 0.684. The molecule has 114 valence electrons. The summed E-state index contributed by atoms with van der Waals surface area (Å²) in [5, 5.41) is 0. The van der Waals surface area contributed by atoms with Crippen LogP contribution >= 0.6 is 0 Å². The Kier molecular flexibility index (Phi) is 3.08. The maximum atomic E-state index is 5.53. The van der Waals surface area contributed by atoms with Gasteiger partial charge in [0.05, 0.1) is 7.11 Å². The first-order chi connectivity index (χ1) is 10.2. The van der Waals surface area contributed by atoms with Gasteiger partial charge < -0.3 is 9.64 Å². The molecule has 0 aromatic heterocycles. The van der Waals surface area contributed by atoms with Gasteiger partial charge in [0.2, 0.25) is 0 Å². The lowest BCUT2D eigenvalue weighted by molar-refractivity contribution is -0.0282. The van der Waals surface area contributed by atoms with Crippen molar-refractivity contribution >= 4 is 0 Å². The second kappa shape index (κ2) is 4.74. The maximum Gasteiger partial charge on any atom is 0.119 e. The Balaban J connectivity index is 1.89. The summed E-state index contributed by atoms with van der Waals surface area (Å²) in [6.07, 6.45) is 8.17. The third-order valence-electron chi connectivity index (χ3n) is 6.72. The minimum absolute atomic E-state index is 0.428. The summed E-state index contributed by atoms with van der Waals surface area (Å²) in [7, 11) is 4.14. The summed E-state index contributed by atoms with van der Waals surface area (Å²) >= 11 is 0. The number of benzene rings is 1. The van der Waals surface area contributed by atoms with E-state index in [2.05, 4.69) is 37.1 Å². The summed E-state index contributed by atoms with van der Waals surface area (Å²) in [4.78, 5) is 2.67. The zero-order valence-electron chi connectivity index (χ0n) is 13.6. The number of rotatable bonds is 1. The van der Waals surface area contributed by atoms with Gasteiger partial charge in [-0.3, -0.25) is 0 Å². The highest BCUT2D eigenvalue weighted by atomic mass is 16.5. The molecule has 1 saturated heterocycles. The van der Waals surface area contributed by atoms with Gasteiger partial charge >= 0.3 is 0 Å². The molecule has 0 radical (unpaired) electrons. The van der Waals surface area contributed by atoms with Crippen LogP contribution in [0.5, 0.6) is 5.75 Å². The molecular formula is C19H27NO. The zero-order valence-corrected chi connectivity index (χ0v) is 13.6. The molecule has 4 rings (SSSR count). The first-order valence-electron chi connectivity index (χ1n) is 8.55.